The van der Waals surface area contributed by atoms with Gasteiger partial charge in [-0.1, -0.05) is 6.07 Å². The van der Waals surface area contributed by atoms with Crippen LogP contribution in [0.2, 0.25) is 0 Å². The van der Waals surface area contributed by atoms with Crippen LogP contribution in [-0.4, -0.2) is 52.4 Å². The topological polar surface area (TPSA) is 75.9 Å². The van der Waals surface area contributed by atoms with Crippen molar-refractivity contribution in [1.29, 1.82) is 0 Å². The number of morpholine rings is 1. The average Bonchev–Trinajstić information content (AvgIpc) is 3.18. The summed E-state index contributed by atoms with van der Waals surface area (Å²) < 4.78 is 7.16. The van der Waals surface area contributed by atoms with E-state index in [2.05, 4.69) is 10.3 Å². The molecule has 0 aromatic carbocycles. The Hall–Kier alpha value is -2.41. The molecule has 0 spiro atoms. The highest BCUT2D eigenvalue weighted by molar-refractivity contribution is 5.94. The number of imidazole rings is 1. The fourth-order valence-corrected chi connectivity index (χ4v) is 7.18. The van der Waals surface area contributed by atoms with Gasteiger partial charge in [-0.15, -0.1) is 0 Å². The normalized spacial score (nSPS) is 31.9. The number of carbonyl (C=O) groups is 2. The lowest BCUT2D eigenvalue weighted by molar-refractivity contribution is -0.124. The predicted octanol–water partition coefficient (Wildman–Crippen LogP) is 3.35. The largest absolute Gasteiger partial charge is 0.378 e. The first kappa shape index (κ1) is 19.3. The van der Waals surface area contributed by atoms with Crippen LogP contribution in [0.4, 0.5) is 5.82 Å². The van der Waals surface area contributed by atoms with Crippen molar-refractivity contribution in [3.63, 3.8) is 0 Å². The summed E-state index contributed by atoms with van der Waals surface area (Å²) in [6.45, 7) is 2.29. The third-order valence-corrected chi connectivity index (χ3v) is 7.98. The molecule has 5 fully saturated rings. The summed E-state index contributed by atoms with van der Waals surface area (Å²) in [5, 5.41) is 3.13. The van der Waals surface area contributed by atoms with Crippen molar-refractivity contribution in [3.05, 3.63) is 30.1 Å². The molecule has 164 valence electrons. The molecule has 7 rings (SSSR count). The Kier molecular flexibility index (Phi) is 4.56. The Labute approximate surface area is 182 Å². The summed E-state index contributed by atoms with van der Waals surface area (Å²) in [4.78, 5) is 32.2. The van der Waals surface area contributed by atoms with Gasteiger partial charge in [0.25, 0.3) is 5.91 Å². The van der Waals surface area contributed by atoms with E-state index in [1.807, 2.05) is 22.6 Å². The average molecular weight is 423 g/mol. The van der Waals surface area contributed by atoms with Gasteiger partial charge in [0.15, 0.2) is 0 Å². The van der Waals surface area contributed by atoms with Crippen LogP contribution in [0.1, 0.15) is 55.4 Å². The first-order valence-electron chi connectivity index (χ1n) is 11.7. The zero-order chi connectivity index (χ0) is 21.0. The molecule has 4 saturated carbocycles. The summed E-state index contributed by atoms with van der Waals surface area (Å²) >= 11 is 0. The van der Waals surface area contributed by atoms with Crippen LogP contribution >= 0.6 is 0 Å². The third-order valence-electron chi connectivity index (χ3n) is 7.98. The summed E-state index contributed by atoms with van der Waals surface area (Å²) in [6.07, 6.45) is 10.2. The molecule has 2 aromatic heterocycles. The van der Waals surface area contributed by atoms with Crippen LogP contribution in [0.25, 0.3) is 5.65 Å². The Morgan fingerprint density at radius 3 is 2.42 bits per heavy atom. The van der Waals surface area contributed by atoms with Crippen LogP contribution in [0.3, 0.4) is 0 Å². The van der Waals surface area contributed by atoms with Crippen molar-refractivity contribution in [2.24, 2.45) is 23.2 Å². The first-order chi connectivity index (χ1) is 15.1. The maximum absolute atomic E-state index is 13.1. The van der Waals surface area contributed by atoms with Crippen molar-refractivity contribution in [2.45, 2.75) is 44.9 Å². The number of carbonyl (C=O) groups excluding carboxylic acids is 2. The summed E-state index contributed by atoms with van der Waals surface area (Å²) in [5.74, 6) is 3.20. The van der Waals surface area contributed by atoms with Gasteiger partial charge < -0.3 is 15.0 Å². The van der Waals surface area contributed by atoms with E-state index >= 15 is 0 Å². The molecule has 7 heteroatoms. The molecule has 1 aliphatic heterocycles. The number of hydrogen-bond acceptors (Lipinski definition) is 4. The number of hydrogen-bond donors (Lipinski definition) is 1. The number of amides is 2. The number of anilines is 1. The smallest absolute Gasteiger partial charge is 0.274 e. The fourth-order valence-electron chi connectivity index (χ4n) is 7.18. The molecule has 2 aromatic rings. The van der Waals surface area contributed by atoms with Crippen LogP contribution < -0.4 is 5.32 Å². The first-order valence-corrected chi connectivity index (χ1v) is 11.7. The molecular weight excluding hydrogens is 392 g/mol. The second kappa shape index (κ2) is 7.33. The minimum atomic E-state index is -0.0853. The van der Waals surface area contributed by atoms with E-state index in [0.717, 1.165) is 17.8 Å². The van der Waals surface area contributed by atoms with Crippen molar-refractivity contribution >= 4 is 23.3 Å². The summed E-state index contributed by atoms with van der Waals surface area (Å²) in [5.41, 5.74) is 1.29. The van der Waals surface area contributed by atoms with E-state index in [1.54, 1.807) is 11.1 Å². The maximum atomic E-state index is 13.1. The zero-order valence-electron chi connectivity index (χ0n) is 17.9. The minimum Gasteiger partial charge on any atom is -0.378 e. The molecule has 1 saturated heterocycles. The second-order valence-corrected chi connectivity index (χ2v) is 10.3. The molecular formula is C24H30N4O3. The highest BCUT2D eigenvalue weighted by atomic mass is 16.5. The Balaban J connectivity index is 1.19. The van der Waals surface area contributed by atoms with E-state index in [0.29, 0.717) is 49.9 Å². The Bertz CT molecular complexity index is 988. The number of nitrogens with one attached hydrogen (secondary N) is 1. The van der Waals surface area contributed by atoms with E-state index in [9.17, 15) is 9.59 Å². The van der Waals surface area contributed by atoms with Crippen molar-refractivity contribution in [1.82, 2.24) is 14.3 Å². The van der Waals surface area contributed by atoms with Crippen LogP contribution in [0.5, 0.6) is 0 Å². The van der Waals surface area contributed by atoms with E-state index in [1.165, 1.54) is 38.5 Å². The summed E-state index contributed by atoms with van der Waals surface area (Å²) in [6, 6.07) is 5.63. The molecule has 2 amide bonds. The van der Waals surface area contributed by atoms with E-state index in [-0.39, 0.29) is 17.2 Å². The summed E-state index contributed by atoms with van der Waals surface area (Å²) in [7, 11) is 0. The Morgan fingerprint density at radius 1 is 1.06 bits per heavy atom. The molecule has 7 nitrogen and oxygen atoms in total. The molecule has 1 N–H and O–H groups in total. The number of fused-ring (bicyclic) bond motifs is 1. The van der Waals surface area contributed by atoms with Gasteiger partial charge >= 0.3 is 0 Å². The van der Waals surface area contributed by atoms with Gasteiger partial charge in [0, 0.05) is 25.7 Å². The quantitative estimate of drug-likeness (QED) is 0.820. The number of nitrogens with zero attached hydrogens (tertiary/aromatic N) is 3. The van der Waals surface area contributed by atoms with Crippen LogP contribution in [0.15, 0.2) is 24.4 Å². The molecule has 0 atom stereocenters. The van der Waals surface area contributed by atoms with Gasteiger partial charge in [0.1, 0.15) is 17.2 Å². The van der Waals surface area contributed by atoms with Gasteiger partial charge in [0.2, 0.25) is 5.91 Å². The highest BCUT2D eigenvalue weighted by Crippen LogP contribution is 2.61. The van der Waals surface area contributed by atoms with Crippen molar-refractivity contribution in [2.75, 3.05) is 31.6 Å². The van der Waals surface area contributed by atoms with Gasteiger partial charge in [-0.3, -0.25) is 14.0 Å². The highest BCUT2D eigenvalue weighted by Gasteiger charge is 2.51. The molecule has 0 radical (unpaired) electrons. The third kappa shape index (κ3) is 3.53. The lowest BCUT2D eigenvalue weighted by Crippen LogP contribution is -2.47. The lowest BCUT2D eigenvalue weighted by Gasteiger charge is -2.56. The fraction of sp³-hybridized carbons (Fsp3) is 0.625. The molecule has 0 unspecified atom stereocenters. The maximum Gasteiger partial charge on any atom is 0.274 e. The zero-order valence-corrected chi connectivity index (χ0v) is 17.9. The molecule has 31 heavy (non-hydrogen) atoms. The Morgan fingerprint density at radius 2 is 1.74 bits per heavy atom. The van der Waals surface area contributed by atoms with E-state index in [4.69, 9.17) is 4.74 Å². The second-order valence-electron chi connectivity index (χ2n) is 10.3. The lowest BCUT2D eigenvalue weighted by atomic mass is 9.49. The minimum absolute atomic E-state index is 0.0853. The molecule has 4 aliphatic carbocycles. The predicted molar refractivity (Wildman–Crippen MR) is 116 cm³/mol. The number of aromatic nitrogens is 2. The molecule has 4 bridgehead atoms. The van der Waals surface area contributed by atoms with Crippen LogP contribution in [0, 0.1) is 23.2 Å². The van der Waals surface area contributed by atoms with Gasteiger partial charge in [-0.05, 0) is 73.8 Å². The standard InChI is InChI=1S/C24H30N4O3/c29-22(14-24-11-16-8-17(12-24)10-18(9-16)13-24)26-21-3-1-2-20-25-19(15-28(20)21)23(30)27-4-6-31-7-5-27/h1-3,15-18H,4-14H2,(H,26,29). The van der Waals surface area contributed by atoms with Crippen molar-refractivity contribution in [3.8, 4) is 0 Å². The number of ether oxygens (including phenoxy) is 1. The SMILES string of the molecule is O=C(CC12CC3CC(CC(C3)C1)C2)Nc1cccc2nc(C(=O)N3CCOCC3)cn12. The van der Waals surface area contributed by atoms with Crippen LogP contribution in [-0.2, 0) is 9.53 Å². The molecule has 3 heterocycles. The number of pyridine rings is 1. The monoisotopic (exact) mass is 422 g/mol. The van der Waals surface area contributed by atoms with Crippen molar-refractivity contribution < 1.29 is 14.3 Å². The molecule has 5 aliphatic rings. The van der Waals surface area contributed by atoms with Gasteiger partial charge in [-0.2, -0.15) is 0 Å². The van der Waals surface area contributed by atoms with Gasteiger partial charge in [0.05, 0.1) is 13.2 Å². The van der Waals surface area contributed by atoms with E-state index < -0.39 is 0 Å². The number of rotatable bonds is 4. The van der Waals surface area contributed by atoms with Gasteiger partial charge in [-0.25, -0.2) is 4.98 Å².